The topological polar surface area (TPSA) is 80.0 Å². The molecule has 98 valence electrons. The molecule has 7 heteroatoms. The first kappa shape index (κ1) is 14.3. The quantitative estimate of drug-likeness (QED) is 0.586. The zero-order chi connectivity index (χ0) is 12.5. The Bertz CT molecular complexity index is 343. The van der Waals surface area contributed by atoms with Crippen molar-refractivity contribution in [3.8, 4) is 0 Å². The molecule has 0 amide bonds. The fourth-order valence-electron chi connectivity index (χ4n) is 1.31. The van der Waals surface area contributed by atoms with Gasteiger partial charge in [-0.05, 0) is 6.42 Å². The Kier molecular flexibility index (Phi) is 6.99. The standard InChI is InChI=1S/C10H20N4O2S/c1-2-17(16)7-4-11-8-10-9-14(13-12-10)5-3-6-15/h9,11,15H,2-8H2,1H3. The molecule has 1 aromatic heterocycles. The average Bonchev–Trinajstić information content (AvgIpc) is 2.79. The Balaban J connectivity index is 2.18. The fraction of sp³-hybridized carbons (Fsp3) is 0.800. The van der Waals surface area contributed by atoms with E-state index < -0.39 is 10.8 Å². The highest BCUT2D eigenvalue weighted by atomic mass is 32.2. The second kappa shape index (κ2) is 8.32. The molecule has 1 rings (SSSR count). The van der Waals surface area contributed by atoms with Crippen molar-refractivity contribution in [1.29, 1.82) is 0 Å². The zero-order valence-corrected chi connectivity index (χ0v) is 10.9. The smallest absolute Gasteiger partial charge is 0.0964 e. The van der Waals surface area contributed by atoms with Crippen LogP contribution in [0.2, 0.25) is 0 Å². The molecule has 1 heterocycles. The molecule has 1 aromatic rings. The predicted octanol–water partition coefficient (Wildman–Crippen LogP) is -0.481. The monoisotopic (exact) mass is 260 g/mol. The molecule has 2 N–H and O–H groups in total. The summed E-state index contributed by atoms with van der Waals surface area (Å²) < 4.78 is 12.9. The lowest BCUT2D eigenvalue weighted by molar-refractivity contribution is 0.276. The maximum atomic E-state index is 11.2. The summed E-state index contributed by atoms with van der Waals surface area (Å²) in [5.41, 5.74) is 0.866. The molecule has 0 spiro atoms. The van der Waals surface area contributed by atoms with Crippen LogP contribution in [-0.2, 0) is 23.9 Å². The normalized spacial score (nSPS) is 12.8. The van der Waals surface area contributed by atoms with Crippen LogP contribution in [-0.4, -0.2) is 49.0 Å². The molecule has 0 fully saturated rings. The van der Waals surface area contributed by atoms with Gasteiger partial charge >= 0.3 is 0 Å². The van der Waals surface area contributed by atoms with Crippen LogP contribution in [0, 0.1) is 0 Å². The summed E-state index contributed by atoms with van der Waals surface area (Å²) in [5.74, 6) is 1.38. The van der Waals surface area contributed by atoms with Crippen LogP contribution in [0.3, 0.4) is 0 Å². The second-order valence-electron chi connectivity index (χ2n) is 3.66. The third-order valence-corrected chi connectivity index (χ3v) is 3.57. The molecule has 6 nitrogen and oxygen atoms in total. The van der Waals surface area contributed by atoms with Crippen molar-refractivity contribution >= 4 is 10.8 Å². The second-order valence-corrected chi connectivity index (χ2v) is 5.52. The number of aliphatic hydroxyl groups excluding tert-OH is 1. The van der Waals surface area contributed by atoms with Gasteiger partial charge in [0.05, 0.1) is 5.69 Å². The molecule has 1 atom stereocenters. The Hall–Kier alpha value is -0.790. The maximum absolute atomic E-state index is 11.2. The summed E-state index contributed by atoms with van der Waals surface area (Å²) in [6.45, 7) is 4.13. The van der Waals surface area contributed by atoms with E-state index >= 15 is 0 Å². The van der Waals surface area contributed by atoms with Gasteiger partial charge in [0.15, 0.2) is 0 Å². The molecule has 0 aliphatic carbocycles. The minimum atomic E-state index is -0.715. The van der Waals surface area contributed by atoms with Crippen LogP contribution in [0.15, 0.2) is 6.20 Å². The predicted molar refractivity (Wildman–Crippen MR) is 67.0 cm³/mol. The lowest BCUT2D eigenvalue weighted by Gasteiger charge is -2.00. The number of hydrogen-bond donors (Lipinski definition) is 2. The Morgan fingerprint density at radius 3 is 3.12 bits per heavy atom. The summed E-state index contributed by atoms with van der Waals surface area (Å²) in [6, 6.07) is 0. The molecular weight excluding hydrogens is 240 g/mol. The third-order valence-electron chi connectivity index (χ3n) is 2.27. The van der Waals surface area contributed by atoms with Gasteiger partial charge in [-0.25, -0.2) is 0 Å². The van der Waals surface area contributed by atoms with Crippen molar-refractivity contribution in [2.45, 2.75) is 26.4 Å². The van der Waals surface area contributed by atoms with E-state index in [1.807, 2.05) is 13.1 Å². The van der Waals surface area contributed by atoms with Gasteiger partial charge in [-0.15, -0.1) is 5.10 Å². The minimum absolute atomic E-state index is 0.163. The molecule has 0 radical (unpaired) electrons. The largest absolute Gasteiger partial charge is 0.396 e. The van der Waals surface area contributed by atoms with Crippen molar-refractivity contribution in [2.75, 3.05) is 24.7 Å². The number of aryl methyl sites for hydroxylation is 1. The molecule has 0 aliphatic heterocycles. The first-order chi connectivity index (χ1) is 8.26. The van der Waals surface area contributed by atoms with Crippen LogP contribution >= 0.6 is 0 Å². The summed E-state index contributed by atoms with van der Waals surface area (Å²) in [4.78, 5) is 0. The SMILES string of the molecule is CCS(=O)CCNCc1cn(CCCO)nn1. The lowest BCUT2D eigenvalue weighted by Crippen LogP contribution is -2.20. The molecule has 0 aliphatic rings. The van der Waals surface area contributed by atoms with Crippen LogP contribution in [0.4, 0.5) is 0 Å². The van der Waals surface area contributed by atoms with Gasteiger partial charge in [0, 0.05) is 54.7 Å². The van der Waals surface area contributed by atoms with E-state index in [4.69, 9.17) is 5.11 Å². The number of nitrogens with one attached hydrogen (secondary N) is 1. The van der Waals surface area contributed by atoms with Gasteiger partial charge in [-0.2, -0.15) is 0 Å². The molecule has 1 unspecified atom stereocenters. The highest BCUT2D eigenvalue weighted by Gasteiger charge is 2.00. The number of nitrogens with zero attached hydrogens (tertiary/aromatic N) is 3. The summed E-state index contributed by atoms with van der Waals surface area (Å²) in [7, 11) is -0.715. The lowest BCUT2D eigenvalue weighted by atomic mass is 10.4. The van der Waals surface area contributed by atoms with Gasteiger partial charge in [0.1, 0.15) is 0 Å². The van der Waals surface area contributed by atoms with E-state index in [0.717, 1.165) is 12.2 Å². The van der Waals surface area contributed by atoms with Crippen LogP contribution in [0.1, 0.15) is 19.0 Å². The highest BCUT2D eigenvalue weighted by Crippen LogP contribution is 1.94. The fourth-order valence-corrected chi connectivity index (χ4v) is 1.97. The zero-order valence-electron chi connectivity index (χ0n) is 10.1. The van der Waals surface area contributed by atoms with Gasteiger partial charge in [-0.3, -0.25) is 8.89 Å². The Labute approximate surface area is 104 Å². The van der Waals surface area contributed by atoms with E-state index in [-0.39, 0.29) is 6.61 Å². The van der Waals surface area contributed by atoms with Crippen molar-refractivity contribution in [2.24, 2.45) is 0 Å². The van der Waals surface area contributed by atoms with Crippen molar-refractivity contribution in [3.05, 3.63) is 11.9 Å². The number of hydrogen-bond acceptors (Lipinski definition) is 5. The molecular formula is C10H20N4O2S. The third kappa shape index (κ3) is 5.90. The molecule has 0 saturated carbocycles. The van der Waals surface area contributed by atoms with E-state index in [2.05, 4.69) is 15.6 Å². The van der Waals surface area contributed by atoms with E-state index in [1.165, 1.54) is 0 Å². The molecule has 0 bridgehead atoms. The number of rotatable bonds is 9. The van der Waals surface area contributed by atoms with E-state index in [1.54, 1.807) is 4.68 Å². The van der Waals surface area contributed by atoms with Gasteiger partial charge < -0.3 is 10.4 Å². The Morgan fingerprint density at radius 1 is 1.59 bits per heavy atom. The van der Waals surface area contributed by atoms with Gasteiger partial charge in [-0.1, -0.05) is 12.1 Å². The average molecular weight is 260 g/mol. The Morgan fingerprint density at radius 2 is 2.41 bits per heavy atom. The molecule has 0 saturated heterocycles. The van der Waals surface area contributed by atoms with Crippen molar-refractivity contribution in [3.63, 3.8) is 0 Å². The number of aliphatic hydroxyl groups is 1. The summed E-state index contributed by atoms with van der Waals surface area (Å²) in [5, 5.41) is 19.8. The van der Waals surface area contributed by atoms with E-state index in [0.29, 0.717) is 31.0 Å². The van der Waals surface area contributed by atoms with Crippen LogP contribution < -0.4 is 5.32 Å². The first-order valence-electron chi connectivity index (χ1n) is 5.81. The maximum Gasteiger partial charge on any atom is 0.0964 e. The van der Waals surface area contributed by atoms with Crippen molar-refractivity contribution < 1.29 is 9.32 Å². The summed E-state index contributed by atoms with van der Waals surface area (Å²) in [6.07, 6.45) is 2.55. The first-order valence-corrected chi connectivity index (χ1v) is 7.30. The van der Waals surface area contributed by atoms with E-state index in [9.17, 15) is 4.21 Å². The van der Waals surface area contributed by atoms with Crippen LogP contribution in [0.5, 0.6) is 0 Å². The highest BCUT2D eigenvalue weighted by molar-refractivity contribution is 7.84. The summed E-state index contributed by atoms with van der Waals surface area (Å²) >= 11 is 0. The molecule has 17 heavy (non-hydrogen) atoms. The number of aromatic nitrogens is 3. The molecule has 0 aromatic carbocycles. The van der Waals surface area contributed by atoms with Crippen LogP contribution in [0.25, 0.3) is 0 Å². The minimum Gasteiger partial charge on any atom is -0.396 e. The van der Waals surface area contributed by atoms with Gasteiger partial charge in [0.2, 0.25) is 0 Å². The van der Waals surface area contributed by atoms with Gasteiger partial charge in [0.25, 0.3) is 0 Å². The van der Waals surface area contributed by atoms with Crippen molar-refractivity contribution in [1.82, 2.24) is 20.3 Å².